The quantitative estimate of drug-likeness (QED) is 0.197. The molecular weight excluding hydrogens is 573 g/mol. The highest BCUT2D eigenvalue weighted by Crippen LogP contribution is 2.30. The molecule has 0 aliphatic carbocycles. The number of likely N-dealkylation sites (N-methyl/N-ethyl adjacent to an activating group) is 1. The lowest BCUT2D eigenvalue weighted by Crippen LogP contribution is -2.48. The van der Waals surface area contributed by atoms with Crippen molar-refractivity contribution in [2.24, 2.45) is 0 Å². The molecule has 0 saturated carbocycles. The largest absolute Gasteiger partial charge is 0.480 e. The Balaban J connectivity index is 1.60. The summed E-state index contributed by atoms with van der Waals surface area (Å²) in [5, 5.41) is 12.3. The van der Waals surface area contributed by atoms with Crippen molar-refractivity contribution < 1.29 is 37.4 Å². The SMILES string of the molecule is CN(C(=O)C(=Cc1cccc(C(F)(F)F)c1)NC(=O)c1ccc(-c2ccccc2)cc1)C(COCc1ccccc1)C(=O)O. The second-order valence-corrected chi connectivity index (χ2v) is 9.85. The van der Waals surface area contributed by atoms with Crippen LogP contribution < -0.4 is 5.32 Å². The molecule has 0 heterocycles. The number of nitrogens with one attached hydrogen (secondary N) is 1. The van der Waals surface area contributed by atoms with E-state index >= 15 is 0 Å². The fourth-order valence-corrected chi connectivity index (χ4v) is 4.30. The Bertz CT molecular complexity index is 1620. The lowest BCUT2D eigenvalue weighted by molar-refractivity contribution is -0.150. The molecule has 7 nitrogen and oxygen atoms in total. The molecule has 1 unspecified atom stereocenters. The van der Waals surface area contributed by atoms with Crippen molar-refractivity contribution in [3.63, 3.8) is 0 Å². The van der Waals surface area contributed by atoms with Gasteiger partial charge in [-0.05, 0) is 52.6 Å². The lowest BCUT2D eigenvalue weighted by Gasteiger charge is -2.26. The van der Waals surface area contributed by atoms with E-state index in [9.17, 15) is 32.7 Å². The number of hydrogen-bond acceptors (Lipinski definition) is 4. The average molecular weight is 603 g/mol. The standard InChI is InChI=1S/C34H29F3N2O5/c1-39(30(33(42)43)22-44-21-23-9-4-2-5-10-23)32(41)29(20-24-11-8-14-28(19-24)34(35,36)37)38-31(40)27-17-15-26(16-18-27)25-12-6-3-7-13-25/h2-20,30H,21-22H2,1H3,(H,38,40)(H,42,43). The topological polar surface area (TPSA) is 95.9 Å². The van der Waals surface area contributed by atoms with Gasteiger partial charge < -0.3 is 20.1 Å². The number of carboxylic acid groups (broad SMARTS) is 1. The highest BCUT2D eigenvalue weighted by molar-refractivity contribution is 6.06. The van der Waals surface area contributed by atoms with Crippen LogP contribution in [0.25, 0.3) is 17.2 Å². The number of amides is 2. The minimum atomic E-state index is -4.64. The van der Waals surface area contributed by atoms with Crippen molar-refractivity contribution in [2.75, 3.05) is 13.7 Å². The van der Waals surface area contributed by atoms with Crippen LogP contribution in [-0.2, 0) is 27.1 Å². The molecule has 10 heteroatoms. The number of carbonyl (C=O) groups is 3. The van der Waals surface area contributed by atoms with E-state index in [1.807, 2.05) is 36.4 Å². The summed E-state index contributed by atoms with van der Waals surface area (Å²) in [5.41, 5.74) is 1.35. The van der Waals surface area contributed by atoms with E-state index in [-0.39, 0.29) is 24.3 Å². The Morgan fingerprint density at radius 3 is 2.09 bits per heavy atom. The normalized spacial score (nSPS) is 12.3. The molecule has 0 saturated heterocycles. The maximum Gasteiger partial charge on any atom is 0.416 e. The second-order valence-electron chi connectivity index (χ2n) is 9.85. The summed E-state index contributed by atoms with van der Waals surface area (Å²) in [6.45, 7) is -0.284. The van der Waals surface area contributed by atoms with Crippen molar-refractivity contribution in [3.8, 4) is 11.1 Å². The molecule has 1 atom stereocenters. The van der Waals surface area contributed by atoms with Gasteiger partial charge in [0.25, 0.3) is 11.8 Å². The van der Waals surface area contributed by atoms with Gasteiger partial charge in [0.2, 0.25) is 0 Å². The van der Waals surface area contributed by atoms with Crippen molar-refractivity contribution in [2.45, 2.75) is 18.8 Å². The Labute approximate surface area is 252 Å². The van der Waals surface area contributed by atoms with Crippen molar-refractivity contribution >= 4 is 23.9 Å². The molecule has 0 aliphatic heterocycles. The predicted octanol–water partition coefficient (Wildman–Crippen LogP) is 6.27. The molecule has 4 aromatic rings. The van der Waals surface area contributed by atoms with Gasteiger partial charge in [-0.15, -0.1) is 0 Å². The molecule has 0 fully saturated rings. The van der Waals surface area contributed by atoms with E-state index in [2.05, 4.69) is 5.32 Å². The third-order valence-corrected chi connectivity index (χ3v) is 6.72. The zero-order chi connectivity index (χ0) is 31.7. The average Bonchev–Trinajstić information content (AvgIpc) is 3.02. The third-order valence-electron chi connectivity index (χ3n) is 6.72. The first-order valence-corrected chi connectivity index (χ1v) is 13.5. The summed E-state index contributed by atoms with van der Waals surface area (Å²) in [6, 6.07) is 27.7. The summed E-state index contributed by atoms with van der Waals surface area (Å²) in [7, 11) is 1.22. The molecular formula is C34H29F3N2O5. The van der Waals surface area contributed by atoms with E-state index in [0.717, 1.165) is 39.8 Å². The summed E-state index contributed by atoms with van der Waals surface area (Å²) in [4.78, 5) is 39.8. The van der Waals surface area contributed by atoms with Crippen LogP contribution in [0.1, 0.15) is 27.0 Å². The molecule has 0 radical (unpaired) electrons. The molecule has 2 N–H and O–H groups in total. The van der Waals surface area contributed by atoms with Crippen LogP contribution in [0.15, 0.2) is 115 Å². The summed E-state index contributed by atoms with van der Waals surface area (Å²) in [5.74, 6) is -3.01. The van der Waals surface area contributed by atoms with Crippen LogP contribution in [0, 0.1) is 0 Å². The van der Waals surface area contributed by atoms with Crippen LogP contribution in [0.2, 0.25) is 0 Å². The van der Waals surface area contributed by atoms with Gasteiger partial charge >= 0.3 is 12.1 Å². The fourth-order valence-electron chi connectivity index (χ4n) is 4.30. The summed E-state index contributed by atoms with van der Waals surface area (Å²) in [6.07, 6.45) is -3.56. The zero-order valence-corrected chi connectivity index (χ0v) is 23.6. The number of hydrogen-bond donors (Lipinski definition) is 2. The Hall–Kier alpha value is -5.22. The Morgan fingerprint density at radius 2 is 1.48 bits per heavy atom. The van der Waals surface area contributed by atoms with Gasteiger partial charge in [-0.25, -0.2) is 4.79 Å². The number of benzene rings is 4. The summed E-state index contributed by atoms with van der Waals surface area (Å²) < 4.78 is 45.7. The van der Waals surface area contributed by atoms with E-state index in [1.54, 1.807) is 48.5 Å². The van der Waals surface area contributed by atoms with Crippen LogP contribution in [0.4, 0.5) is 13.2 Å². The number of alkyl halides is 3. The number of rotatable bonds is 11. The van der Waals surface area contributed by atoms with E-state index in [1.165, 1.54) is 19.2 Å². The first-order valence-electron chi connectivity index (χ1n) is 13.5. The van der Waals surface area contributed by atoms with Gasteiger partial charge in [0.05, 0.1) is 18.8 Å². The van der Waals surface area contributed by atoms with Crippen LogP contribution in [0.5, 0.6) is 0 Å². The van der Waals surface area contributed by atoms with E-state index < -0.39 is 41.3 Å². The predicted molar refractivity (Wildman–Crippen MR) is 159 cm³/mol. The fraction of sp³-hybridized carbons (Fsp3) is 0.147. The molecule has 44 heavy (non-hydrogen) atoms. The first-order chi connectivity index (χ1) is 21.0. The molecule has 0 bridgehead atoms. The number of carboxylic acids is 1. The van der Waals surface area contributed by atoms with Gasteiger partial charge in [-0.1, -0.05) is 84.9 Å². The van der Waals surface area contributed by atoms with Crippen molar-refractivity contribution in [3.05, 3.63) is 137 Å². The highest BCUT2D eigenvalue weighted by atomic mass is 19.4. The first kappa shape index (κ1) is 31.7. The molecule has 2 amide bonds. The number of ether oxygens (including phenoxy) is 1. The van der Waals surface area contributed by atoms with E-state index in [4.69, 9.17) is 4.74 Å². The minimum absolute atomic E-state index is 0.0245. The van der Waals surface area contributed by atoms with Crippen molar-refractivity contribution in [1.82, 2.24) is 10.2 Å². The highest BCUT2D eigenvalue weighted by Gasteiger charge is 2.32. The van der Waals surface area contributed by atoms with Crippen LogP contribution >= 0.6 is 0 Å². The second kappa shape index (κ2) is 14.3. The molecule has 0 aromatic heterocycles. The molecule has 0 aliphatic rings. The van der Waals surface area contributed by atoms with Gasteiger partial charge in [-0.2, -0.15) is 13.2 Å². The van der Waals surface area contributed by atoms with Crippen LogP contribution in [-0.4, -0.2) is 47.5 Å². The van der Waals surface area contributed by atoms with Gasteiger partial charge in [-0.3, -0.25) is 9.59 Å². The molecule has 226 valence electrons. The molecule has 4 rings (SSSR count). The Kier molecular flexibility index (Phi) is 10.3. The van der Waals surface area contributed by atoms with Gasteiger partial charge in [0.15, 0.2) is 6.04 Å². The monoisotopic (exact) mass is 602 g/mol. The Morgan fingerprint density at radius 1 is 0.864 bits per heavy atom. The number of halogens is 3. The minimum Gasteiger partial charge on any atom is -0.480 e. The lowest BCUT2D eigenvalue weighted by atomic mass is 10.0. The number of nitrogens with zero attached hydrogens (tertiary/aromatic N) is 1. The maximum absolute atomic E-state index is 13.6. The van der Waals surface area contributed by atoms with Gasteiger partial charge in [0.1, 0.15) is 5.70 Å². The van der Waals surface area contributed by atoms with E-state index in [0.29, 0.717) is 0 Å². The number of carbonyl (C=O) groups excluding carboxylic acids is 2. The third kappa shape index (κ3) is 8.42. The molecule has 4 aromatic carbocycles. The van der Waals surface area contributed by atoms with Crippen LogP contribution in [0.3, 0.4) is 0 Å². The molecule has 0 spiro atoms. The summed E-state index contributed by atoms with van der Waals surface area (Å²) >= 11 is 0. The maximum atomic E-state index is 13.6. The zero-order valence-electron chi connectivity index (χ0n) is 23.6. The van der Waals surface area contributed by atoms with Gasteiger partial charge in [0, 0.05) is 12.6 Å². The van der Waals surface area contributed by atoms with Crippen molar-refractivity contribution in [1.29, 1.82) is 0 Å². The smallest absolute Gasteiger partial charge is 0.416 e. The number of aliphatic carboxylic acids is 1.